The third kappa shape index (κ3) is 4.34. The lowest BCUT2D eigenvalue weighted by Gasteiger charge is -2.09. The van der Waals surface area contributed by atoms with Crippen molar-refractivity contribution >= 4 is 6.29 Å². The maximum Gasteiger partial charge on any atom is 0.120 e. The first-order valence-corrected chi connectivity index (χ1v) is 5.46. The zero-order chi connectivity index (χ0) is 11.8. The van der Waals surface area contributed by atoms with Gasteiger partial charge in [-0.05, 0) is 36.6 Å². The summed E-state index contributed by atoms with van der Waals surface area (Å²) in [4.78, 5) is 10.3. The number of benzene rings is 1. The van der Waals surface area contributed by atoms with E-state index in [1.165, 1.54) is 0 Å². The van der Waals surface area contributed by atoms with Gasteiger partial charge in [0.1, 0.15) is 17.8 Å². The summed E-state index contributed by atoms with van der Waals surface area (Å²) in [5.41, 5.74) is 0. The number of hydrogen-bond donors (Lipinski definition) is 0. The molecule has 1 rings (SSSR count). The van der Waals surface area contributed by atoms with Crippen molar-refractivity contribution in [3.8, 4) is 11.5 Å². The minimum absolute atomic E-state index is 0.385. The van der Waals surface area contributed by atoms with Gasteiger partial charge in [-0.1, -0.05) is 6.92 Å². The molecule has 3 nitrogen and oxygen atoms in total. The van der Waals surface area contributed by atoms with Gasteiger partial charge in [0.25, 0.3) is 0 Å². The van der Waals surface area contributed by atoms with Gasteiger partial charge in [0.05, 0.1) is 13.7 Å². The predicted octanol–water partition coefficient (Wildman–Crippen LogP) is 2.69. The van der Waals surface area contributed by atoms with Gasteiger partial charge < -0.3 is 14.3 Å². The summed E-state index contributed by atoms with van der Waals surface area (Å²) < 4.78 is 10.6. The number of carbonyl (C=O) groups is 1. The van der Waals surface area contributed by atoms with E-state index in [0.717, 1.165) is 24.2 Å². The van der Waals surface area contributed by atoms with Gasteiger partial charge in [0.15, 0.2) is 0 Å². The highest BCUT2D eigenvalue weighted by molar-refractivity contribution is 5.49. The molecule has 0 N–H and O–H groups in total. The van der Waals surface area contributed by atoms with E-state index in [0.29, 0.717) is 18.9 Å². The van der Waals surface area contributed by atoms with Crippen LogP contribution in [0.1, 0.15) is 19.8 Å². The molecule has 1 aromatic rings. The number of aldehydes is 1. The Morgan fingerprint density at radius 2 is 1.88 bits per heavy atom. The van der Waals surface area contributed by atoms with Crippen molar-refractivity contribution in [2.24, 2.45) is 5.92 Å². The van der Waals surface area contributed by atoms with Crippen LogP contribution >= 0.6 is 0 Å². The Bertz CT molecular complexity index is 305. The highest BCUT2D eigenvalue weighted by atomic mass is 16.5. The molecule has 0 saturated heterocycles. The fourth-order valence-corrected chi connectivity index (χ4v) is 1.33. The molecule has 0 aromatic heterocycles. The van der Waals surface area contributed by atoms with Crippen LogP contribution in [0.5, 0.6) is 11.5 Å². The van der Waals surface area contributed by atoms with Crippen molar-refractivity contribution in [3.63, 3.8) is 0 Å². The van der Waals surface area contributed by atoms with E-state index in [2.05, 4.69) is 0 Å². The quantitative estimate of drug-likeness (QED) is 0.665. The van der Waals surface area contributed by atoms with Gasteiger partial charge >= 0.3 is 0 Å². The molecule has 0 aliphatic rings. The summed E-state index contributed by atoms with van der Waals surface area (Å²) >= 11 is 0. The second-order valence-electron chi connectivity index (χ2n) is 3.82. The van der Waals surface area contributed by atoms with Crippen LogP contribution in [0.4, 0.5) is 0 Å². The number of carbonyl (C=O) groups excluding carboxylic acids is 1. The summed E-state index contributed by atoms with van der Waals surface area (Å²) in [5.74, 6) is 2.04. The van der Waals surface area contributed by atoms with E-state index in [-0.39, 0.29) is 0 Å². The molecule has 16 heavy (non-hydrogen) atoms. The van der Waals surface area contributed by atoms with Gasteiger partial charge in [0, 0.05) is 6.42 Å². The second-order valence-corrected chi connectivity index (χ2v) is 3.82. The molecule has 0 spiro atoms. The van der Waals surface area contributed by atoms with Crippen LogP contribution in [0.25, 0.3) is 0 Å². The number of methoxy groups -OCH3 is 1. The molecule has 0 aliphatic carbocycles. The van der Waals surface area contributed by atoms with Crippen molar-refractivity contribution in [1.29, 1.82) is 0 Å². The average molecular weight is 222 g/mol. The molecule has 1 aromatic carbocycles. The fourth-order valence-electron chi connectivity index (χ4n) is 1.33. The summed E-state index contributed by atoms with van der Waals surface area (Å²) in [6, 6.07) is 7.49. The van der Waals surface area contributed by atoms with Crippen LogP contribution in [0, 0.1) is 5.92 Å². The van der Waals surface area contributed by atoms with Crippen molar-refractivity contribution in [3.05, 3.63) is 24.3 Å². The lowest BCUT2D eigenvalue weighted by atomic mass is 10.1. The monoisotopic (exact) mass is 222 g/mol. The van der Waals surface area contributed by atoms with Crippen molar-refractivity contribution < 1.29 is 14.3 Å². The molecular weight excluding hydrogens is 204 g/mol. The molecule has 1 atom stereocenters. The van der Waals surface area contributed by atoms with Gasteiger partial charge in [-0.2, -0.15) is 0 Å². The smallest absolute Gasteiger partial charge is 0.120 e. The maximum absolute atomic E-state index is 10.3. The summed E-state index contributed by atoms with van der Waals surface area (Å²) in [7, 11) is 1.64. The van der Waals surface area contributed by atoms with Crippen molar-refractivity contribution in [2.45, 2.75) is 19.8 Å². The first kappa shape index (κ1) is 12.6. The van der Waals surface area contributed by atoms with E-state index >= 15 is 0 Å². The highest BCUT2D eigenvalue weighted by Gasteiger charge is 2.01. The standard InChI is InChI=1S/C13H18O3/c1-11(7-9-14)8-10-16-13-5-3-12(15-2)4-6-13/h3-6,9,11H,7-8,10H2,1-2H3. The van der Waals surface area contributed by atoms with Gasteiger partial charge in [-0.15, -0.1) is 0 Å². The second kappa shape index (κ2) is 6.88. The minimum atomic E-state index is 0.385. The molecular formula is C13H18O3. The Labute approximate surface area is 96.4 Å². The van der Waals surface area contributed by atoms with Gasteiger partial charge in [-0.3, -0.25) is 0 Å². The molecule has 0 radical (unpaired) electrons. The normalized spacial score (nSPS) is 11.9. The lowest BCUT2D eigenvalue weighted by Crippen LogP contribution is -2.04. The van der Waals surface area contributed by atoms with Crippen LogP contribution < -0.4 is 9.47 Å². The van der Waals surface area contributed by atoms with E-state index < -0.39 is 0 Å². The zero-order valence-corrected chi connectivity index (χ0v) is 9.81. The average Bonchev–Trinajstić information content (AvgIpc) is 2.30. The number of hydrogen-bond acceptors (Lipinski definition) is 3. The minimum Gasteiger partial charge on any atom is -0.497 e. The van der Waals surface area contributed by atoms with Crippen LogP contribution in [0.2, 0.25) is 0 Å². The zero-order valence-electron chi connectivity index (χ0n) is 9.81. The summed E-state index contributed by atoms with van der Waals surface area (Å²) in [6.45, 7) is 2.69. The predicted molar refractivity (Wildman–Crippen MR) is 63.0 cm³/mol. The third-order valence-electron chi connectivity index (χ3n) is 2.44. The molecule has 88 valence electrons. The fraction of sp³-hybridized carbons (Fsp3) is 0.462. The van der Waals surface area contributed by atoms with Crippen LogP contribution in [0.15, 0.2) is 24.3 Å². The first-order chi connectivity index (χ1) is 7.76. The SMILES string of the molecule is COc1ccc(OCCC(C)CC=O)cc1. The number of rotatable bonds is 7. The van der Waals surface area contributed by atoms with E-state index in [9.17, 15) is 4.79 Å². The van der Waals surface area contributed by atoms with E-state index in [1.54, 1.807) is 7.11 Å². The van der Waals surface area contributed by atoms with E-state index in [1.807, 2.05) is 31.2 Å². The van der Waals surface area contributed by atoms with E-state index in [4.69, 9.17) is 9.47 Å². The van der Waals surface area contributed by atoms with Crippen molar-refractivity contribution in [2.75, 3.05) is 13.7 Å². The maximum atomic E-state index is 10.3. The van der Waals surface area contributed by atoms with Gasteiger partial charge in [0.2, 0.25) is 0 Å². The molecule has 0 bridgehead atoms. The Morgan fingerprint density at radius 3 is 2.44 bits per heavy atom. The Kier molecular flexibility index (Phi) is 5.40. The number of ether oxygens (including phenoxy) is 2. The summed E-state index contributed by atoms with van der Waals surface area (Å²) in [6.07, 6.45) is 2.45. The molecule has 3 heteroatoms. The van der Waals surface area contributed by atoms with Crippen LogP contribution in [-0.2, 0) is 4.79 Å². The lowest BCUT2D eigenvalue weighted by molar-refractivity contribution is -0.108. The molecule has 0 amide bonds. The highest BCUT2D eigenvalue weighted by Crippen LogP contribution is 2.17. The van der Waals surface area contributed by atoms with Crippen molar-refractivity contribution in [1.82, 2.24) is 0 Å². The topological polar surface area (TPSA) is 35.5 Å². The van der Waals surface area contributed by atoms with Gasteiger partial charge in [-0.25, -0.2) is 0 Å². The molecule has 1 unspecified atom stereocenters. The Hall–Kier alpha value is -1.51. The summed E-state index contributed by atoms with van der Waals surface area (Å²) in [5, 5.41) is 0. The Balaban J connectivity index is 2.28. The van der Waals surface area contributed by atoms with Crippen LogP contribution in [0.3, 0.4) is 0 Å². The third-order valence-corrected chi connectivity index (χ3v) is 2.44. The largest absolute Gasteiger partial charge is 0.497 e. The van der Waals surface area contributed by atoms with Crippen LogP contribution in [-0.4, -0.2) is 20.0 Å². The first-order valence-electron chi connectivity index (χ1n) is 5.46. The molecule has 0 heterocycles. The molecule has 0 fully saturated rings. The molecule has 0 saturated carbocycles. The molecule has 0 aliphatic heterocycles. The Morgan fingerprint density at radius 1 is 1.25 bits per heavy atom.